The van der Waals surface area contributed by atoms with Crippen molar-refractivity contribution in [1.29, 1.82) is 0 Å². The van der Waals surface area contributed by atoms with Gasteiger partial charge in [0.25, 0.3) is 0 Å². The van der Waals surface area contributed by atoms with Gasteiger partial charge in [0, 0.05) is 17.5 Å². The molecule has 1 aromatic carbocycles. The van der Waals surface area contributed by atoms with E-state index in [2.05, 4.69) is 58.7 Å². The van der Waals surface area contributed by atoms with Gasteiger partial charge in [-0.05, 0) is 49.8 Å². The molecule has 6 rings (SSSR count). The van der Waals surface area contributed by atoms with Crippen molar-refractivity contribution >= 4 is 39.2 Å². The predicted octanol–water partition coefficient (Wildman–Crippen LogP) is 4.48. The first-order chi connectivity index (χ1) is 15.9. The molecule has 168 valence electrons. The molecule has 2 atom stereocenters. The molecule has 8 heteroatoms. The number of urea groups is 1. The molecular formula is C25H26N6OS. The van der Waals surface area contributed by atoms with Crippen LogP contribution in [-0.4, -0.2) is 51.4 Å². The van der Waals surface area contributed by atoms with Gasteiger partial charge in [-0.1, -0.05) is 30.3 Å². The zero-order chi connectivity index (χ0) is 22.7. The minimum absolute atomic E-state index is 0.00436. The van der Waals surface area contributed by atoms with E-state index >= 15 is 0 Å². The van der Waals surface area contributed by atoms with Crippen LogP contribution in [0.4, 0.5) is 10.6 Å². The number of anilines is 1. The van der Waals surface area contributed by atoms with E-state index in [9.17, 15) is 4.79 Å². The Labute approximate surface area is 196 Å². The maximum Gasteiger partial charge on any atom is 0.318 e. The van der Waals surface area contributed by atoms with Crippen LogP contribution in [0.25, 0.3) is 10.2 Å². The highest BCUT2D eigenvalue weighted by Crippen LogP contribution is 2.42. The molecule has 33 heavy (non-hydrogen) atoms. The summed E-state index contributed by atoms with van der Waals surface area (Å²) in [5.41, 5.74) is 3.21. The van der Waals surface area contributed by atoms with Crippen molar-refractivity contribution in [2.45, 2.75) is 44.7 Å². The number of nitrogens with zero attached hydrogens (tertiary/aromatic N) is 4. The Morgan fingerprint density at radius 3 is 2.82 bits per heavy atom. The fourth-order valence-electron chi connectivity index (χ4n) is 5.01. The number of carbonyl (C=O) groups excluding carboxylic acids is 1. The average Bonchev–Trinajstić information content (AvgIpc) is 3.09. The van der Waals surface area contributed by atoms with Gasteiger partial charge in [0.2, 0.25) is 0 Å². The molecule has 0 spiro atoms. The van der Waals surface area contributed by atoms with Crippen molar-refractivity contribution in [3.63, 3.8) is 0 Å². The van der Waals surface area contributed by atoms with Crippen molar-refractivity contribution in [3.05, 3.63) is 64.3 Å². The monoisotopic (exact) mass is 458 g/mol. The van der Waals surface area contributed by atoms with Crippen LogP contribution in [-0.2, 0) is 0 Å². The third-order valence-electron chi connectivity index (χ3n) is 7.02. The quantitative estimate of drug-likeness (QED) is 0.606. The molecule has 4 heterocycles. The largest absolute Gasteiger partial charge is 0.335 e. The van der Waals surface area contributed by atoms with Crippen LogP contribution in [0, 0.1) is 6.92 Å². The molecule has 3 aromatic rings. The lowest BCUT2D eigenvalue weighted by Gasteiger charge is -2.34. The van der Waals surface area contributed by atoms with Gasteiger partial charge in [0.05, 0.1) is 24.0 Å². The Kier molecular flexibility index (Phi) is 4.55. The number of carbonyl (C=O) groups is 1. The van der Waals surface area contributed by atoms with Crippen molar-refractivity contribution in [2.75, 3.05) is 18.4 Å². The van der Waals surface area contributed by atoms with Crippen molar-refractivity contribution in [3.8, 4) is 0 Å². The Morgan fingerprint density at radius 1 is 1.18 bits per heavy atom. The molecule has 1 aliphatic carbocycles. The number of amides is 2. The van der Waals surface area contributed by atoms with Crippen molar-refractivity contribution in [1.82, 2.24) is 20.2 Å². The van der Waals surface area contributed by atoms with Gasteiger partial charge < -0.3 is 15.5 Å². The van der Waals surface area contributed by atoms with Gasteiger partial charge in [0.15, 0.2) is 0 Å². The summed E-state index contributed by atoms with van der Waals surface area (Å²) >= 11 is 1.60. The molecule has 2 N–H and O–H groups in total. The fraction of sp³-hybridized carbons (Fsp3) is 0.360. The van der Waals surface area contributed by atoms with E-state index in [1.165, 1.54) is 11.1 Å². The molecule has 3 aliphatic rings. The summed E-state index contributed by atoms with van der Waals surface area (Å²) in [6.07, 6.45) is 0.995. The molecule has 0 saturated heterocycles. The van der Waals surface area contributed by atoms with Crippen LogP contribution in [0.2, 0.25) is 0 Å². The first-order valence-corrected chi connectivity index (χ1v) is 12.2. The Hall–Kier alpha value is -3.26. The highest BCUT2D eigenvalue weighted by molar-refractivity contribution is 7.16. The van der Waals surface area contributed by atoms with E-state index in [4.69, 9.17) is 4.99 Å². The van der Waals surface area contributed by atoms with E-state index in [-0.39, 0.29) is 17.6 Å². The number of fused-ring (bicyclic) bond motifs is 1. The Morgan fingerprint density at radius 2 is 2.00 bits per heavy atom. The van der Waals surface area contributed by atoms with Gasteiger partial charge >= 0.3 is 6.03 Å². The SMILES string of the molecule is Cc1nc(NC2=NCC3=C2CN(C(=O)N[C@@H]2C[C@H]2c2ccccc2)C3(C)C)c2ccsc2n1. The summed E-state index contributed by atoms with van der Waals surface area (Å²) in [6, 6.07) is 12.6. The van der Waals surface area contributed by atoms with Crippen molar-refractivity contribution < 1.29 is 4.79 Å². The average molecular weight is 459 g/mol. The number of benzene rings is 1. The smallest absolute Gasteiger partial charge is 0.318 e. The number of rotatable bonds is 3. The predicted molar refractivity (Wildman–Crippen MR) is 132 cm³/mol. The van der Waals surface area contributed by atoms with E-state index in [1.807, 2.05) is 29.3 Å². The second-order valence-corrected chi connectivity index (χ2v) is 10.4. The number of aromatic nitrogens is 2. The van der Waals surface area contributed by atoms with E-state index in [0.717, 1.165) is 39.7 Å². The first-order valence-electron chi connectivity index (χ1n) is 11.3. The summed E-state index contributed by atoms with van der Waals surface area (Å²) < 4.78 is 0. The summed E-state index contributed by atoms with van der Waals surface area (Å²) in [4.78, 5) is 30.1. The zero-order valence-electron chi connectivity index (χ0n) is 18.9. The number of aryl methyl sites for hydroxylation is 1. The Bertz CT molecular complexity index is 1330. The van der Waals surface area contributed by atoms with E-state index in [1.54, 1.807) is 11.3 Å². The van der Waals surface area contributed by atoms with Crippen LogP contribution < -0.4 is 10.6 Å². The van der Waals surface area contributed by atoms with Crippen molar-refractivity contribution in [2.24, 2.45) is 4.99 Å². The lowest BCUT2D eigenvalue weighted by molar-refractivity contribution is 0.170. The van der Waals surface area contributed by atoms with Gasteiger partial charge in [-0.3, -0.25) is 4.99 Å². The number of amidine groups is 1. The third-order valence-corrected chi connectivity index (χ3v) is 7.83. The van der Waals surface area contributed by atoms with Gasteiger partial charge in [-0.2, -0.15) is 0 Å². The number of nitrogens with one attached hydrogen (secondary N) is 2. The first kappa shape index (κ1) is 20.4. The van der Waals surface area contributed by atoms with E-state index in [0.29, 0.717) is 19.0 Å². The van der Waals surface area contributed by atoms with Crippen LogP contribution in [0.15, 0.2) is 57.9 Å². The van der Waals surface area contributed by atoms with Crippen LogP contribution in [0.1, 0.15) is 37.6 Å². The summed E-state index contributed by atoms with van der Waals surface area (Å²) in [5.74, 6) is 2.72. The lowest BCUT2D eigenvalue weighted by Crippen LogP contribution is -2.51. The maximum atomic E-state index is 13.3. The topological polar surface area (TPSA) is 82.5 Å². The fourth-order valence-corrected chi connectivity index (χ4v) is 5.82. The molecule has 2 amide bonds. The molecule has 7 nitrogen and oxygen atoms in total. The number of aliphatic imine (C=N–C) groups is 1. The lowest BCUT2D eigenvalue weighted by atomic mass is 9.94. The van der Waals surface area contributed by atoms with Gasteiger partial charge in [0.1, 0.15) is 22.3 Å². The Balaban J connectivity index is 1.18. The van der Waals surface area contributed by atoms with E-state index < -0.39 is 0 Å². The van der Waals surface area contributed by atoms with Crippen LogP contribution >= 0.6 is 11.3 Å². The minimum atomic E-state index is -0.386. The normalized spacial score (nSPS) is 23.0. The second-order valence-electron chi connectivity index (χ2n) is 9.46. The molecule has 1 saturated carbocycles. The highest BCUT2D eigenvalue weighted by Gasteiger charge is 2.47. The highest BCUT2D eigenvalue weighted by atomic mass is 32.1. The summed E-state index contributed by atoms with van der Waals surface area (Å²) in [5, 5.41) is 9.73. The second kappa shape index (κ2) is 7.38. The summed E-state index contributed by atoms with van der Waals surface area (Å²) in [7, 11) is 0. The number of thiophene rings is 1. The maximum absolute atomic E-state index is 13.3. The minimum Gasteiger partial charge on any atom is -0.335 e. The molecule has 2 aliphatic heterocycles. The zero-order valence-corrected chi connectivity index (χ0v) is 19.7. The third kappa shape index (κ3) is 3.40. The number of hydrogen-bond donors (Lipinski definition) is 2. The van der Waals surface area contributed by atoms with Crippen LogP contribution in [0.5, 0.6) is 0 Å². The molecule has 0 unspecified atom stereocenters. The molecular weight excluding hydrogens is 432 g/mol. The standard InChI is InChI=1S/C25H26N6OS/c1-14-27-22(16-9-10-33-23(16)28-14)30-21-18-13-31(25(2,3)19(18)12-26-21)24(32)29-20-11-17(20)15-7-5-4-6-8-15/h4-10,17,20H,11-13H2,1-3H3,(H,29,32)(H,26,27,28,30)/t17-,20+/m0/s1. The van der Waals surface area contributed by atoms with Gasteiger partial charge in [-0.25, -0.2) is 14.8 Å². The molecule has 0 bridgehead atoms. The van der Waals surface area contributed by atoms with Crippen LogP contribution in [0.3, 0.4) is 0 Å². The van der Waals surface area contributed by atoms with Gasteiger partial charge in [-0.15, -0.1) is 11.3 Å². The summed E-state index contributed by atoms with van der Waals surface area (Å²) in [6.45, 7) is 7.26. The number of hydrogen-bond acceptors (Lipinski definition) is 6. The molecule has 0 radical (unpaired) electrons. The molecule has 1 fully saturated rings. The molecule has 2 aromatic heterocycles.